The van der Waals surface area contributed by atoms with Gasteiger partial charge in [0.05, 0.1) is 18.5 Å². The molecule has 0 aliphatic rings. The van der Waals surface area contributed by atoms with Crippen LogP contribution >= 0.6 is 0 Å². The standard InChI is InChI=1S/C17H19NO6S/c1-12-3-7-14(8-4-12)24-15-9-5-13(6-10-15)18(25(2,22)23)11-16(19)17(20)21/h3-10,16,19H,11H2,1-2H3,(H,20,21)/t16-/m0/s1. The van der Waals surface area contributed by atoms with Crippen molar-refractivity contribution < 1.29 is 28.2 Å². The number of sulfonamides is 1. The van der Waals surface area contributed by atoms with Crippen LogP contribution in [0.3, 0.4) is 0 Å². The first-order valence-electron chi connectivity index (χ1n) is 7.40. The van der Waals surface area contributed by atoms with E-state index in [2.05, 4.69) is 0 Å². The number of aryl methyl sites for hydroxylation is 1. The fourth-order valence-electron chi connectivity index (χ4n) is 2.09. The number of nitrogens with zero attached hydrogens (tertiary/aromatic N) is 1. The number of anilines is 1. The average Bonchev–Trinajstić information content (AvgIpc) is 2.54. The van der Waals surface area contributed by atoms with Crippen LogP contribution in [0.15, 0.2) is 48.5 Å². The van der Waals surface area contributed by atoms with E-state index in [1.807, 2.05) is 31.2 Å². The molecule has 0 aromatic heterocycles. The minimum atomic E-state index is -3.75. The van der Waals surface area contributed by atoms with Crippen LogP contribution in [0.5, 0.6) is 11.5 Å². The lowest BCUT2D eigenvalue weighted by Crippen LogP contribution is -2.40. The van der Waals surface area contributed by atoms with Crippen LogP contribution in [0, 0.1) is 6.92 Å². The summed E-state index contributed by atoms with van der Waals surface area (Å²) in [4.78, 5) is 10.8. The molecule has 25 heavy (non-hydrogen) atoms. The zero-order valence-electron chi connectivity index (χ0n) is 13.8. The Morgan fingerprint density at radius 1 is 1.08 bits per heavy atom. The average molecular weight is 365 g/mol. The number of aliphatic hydroxyl groups is 1. The Labute approximate surface area is 146 Å². The first kappa shape index (κ1) is 18.8. The SMILES string of the molecule is Cc1ccc(Oc2ccc(N(C[C@H](O)C(=O)O)S(C)(=O)=O)cc2)cc1. The normalized spacial score (nSPS) is 12.4. The molecule has 7 nitrogen and oxygen atoms in total. The molecule has 0 saturated heterocycles. The van der Waals surface area contributed by atoms with E-state index in [9.17, 15) is 18.3 Å². The Balaban J connectivity index is 2.20. The number of carbonyl (C=O) groups is 1. The first-order valence-corrected chi connectivity index (χ1v) is 9.25. The van der Waals surface area contributed by atoms with Crippen molar-refractivity contribution in [1.82, 2.24) is 0 Å². The predicted octanol–water partition coefficient (Wildman–Crippen LogP) is 2.00. The first-order chi connectivity index (χ1) is 11.7. The number of hydrogen-bond acceptors (Lipinski definition) is 5. The summed E-state index contributed by atoms with van der Waals surface area (Å²) in [6.45, 7) is 1.39. The molecule has 134 valence electrons. The molecule has 0 saturated carbocycles. The minimum Gasteiger partial charge on any atom is -0.479 e. The van der Waals surface area contributed by atoms with Gasteiger partial charge in [-0.15, -0.1) is 0 Å². The van der Waals surface area contributed by atoms with Crippen LogP contribution in [0.1, 0.15) is 5.56 Å². The highest BCUT2D eigenvalue weighted by atomic mass is 32.2. The smallest absolute Gasteiger partial charge is 0.334 e. The lowest BCUT2D eigenvalue weighted by atomic mass is 10.2. The van der Waals surface area contributed by atoms with Gasteiger partial charge in [0.1, 0.15) is 11.5 Å². The number of benzene rings is 2. The predicted molar refractivity (Wildman–Crippen MR) is 93.5 cm³/mol. The third-order valence-electron chi connectivity index (χ3n) is 3.41. The maximum Gasteiger partial charge on any atom is 0.334 e. The summed E-state index contributed by atoms with van der Waals surface area (Å²) in [5, 5.41) is 18.2. The molecule has 0 fully saturated rings. The Morgan fingerprint density at radius 3 is 2.00 bits per heavy atom. The minimum absolute atomic E-state index is 0.235. The number of hydrogen-bond donors (Lipinski definition) is 2. The Hall–Kier alpha value is -2.58. The van der Waals surface area contributed by atoms with Crippen LogP contribution in [0.4, 0.5) is 5.69 Å². The van der Waals surface area contributed by atoms with E-state index in [-0.39, 0.29) is 5.69 Å². The molecule has 0 unspecified atom stereocenters. The van der Waals surface area contributed by atoms with Crippen LogP contribution in [-0.2, 0) is 14.8 Å². The Bertz CT molecular complexity index is 830. The van der Waals surface area contributed by atoms with Crippen molar-refractivity contribution in [1.29, 1.82) is 0 Å². The van der Waals surface area contributed by atoms with Crippen LogP contribution in [0.25, 0.3) is 0 Å². The van der Waals surface area contributed by atoms with Crippen molar-refractivity contribution in [2.24, 2.45) is 0 Å². The molecule has 0 bridgehead atoms. The highest BCUT2D eigenvalue weighted by molar-refractivity contribution is 7.92. The summed E-state index contributed by atoms with van der Waals surface area (Å²) in [5.41, 5.74) is 1.34. The summed E-state index contributed by atoms with van der Waals surface area (Å²) < 4.78 is 30.3. The molecule has 0 aliphatic heterocycles. The molecule has 2 rings (SSSR count). The van der Waals surface area contributed by atoms with E-state index in [0.717, 1.165) is 16.1 Å². The monoisotopic (exact) mass is 365 g/mol. The van der Waals surface area contributed by atoms with Gasteiger partial charge in [-0.2, -0.15) is 0 Å². The highest BCUT2D eigenvalue weighted by Gasteiger charge is 2.24. The van der Waals surface area contributed by atoms with E-state index >= 15 is 0 Å². The van der Waals surface area contributed by atoms with Crippen LogP contribution in [0.2, 0.25) is 0 Å². The number of aliphatic carboxylic acids is 1. The van der Waals surface area contributed by atoms with Gasteiger partial charge in [0.2, 0.25) is 10.0 Å². The molecule has 0 heterocycles. The van der Waals surface area contributed by atoms with Crippen molar-refractivity contribution in [2.45, 2.75) is 13.0 Å². The molecular formula is C17H19NO6S. The summed E-state index contributed by atoms with van der Waals surface area (Å²) in [6.07, 6.45) is -0.878. The van der Waals surface area contributed by atoms with Crippen molar-refractivity contribution in [3.63, 3.8) is 0 Å². The molecule has 8 heteroatoms. The van der Waals surface area contributed by atoms with Crippen LogP contribution in [-0.4, -0.2) is 43.5 Å². The van der Waals surface area contributed by atoms with Gasteiger partial charge in [-0.05, 0) is 43.3 Å². The maximum atomic E-state index is 11.9. The molecule has 1 atom stereocenters. The largest absolute Gasteiger partial charge is 0.479 e. The van der Waals surface area contributed by atoms with Crippen molar-refractivity contribution in [3.8, 4) is 11.5 Å². The quantitative estimate of drug-likeness (QED) is 0.778. The second kappa shape index (κ2) is 7.54. The number of ether oxygens (including phenoxy) is 1. The zero-order valence-corrected chi connectivity index (χ0v) is 14.6. The van der Waals surface area contributed by atoms with Gasteiger partial charge >= 0.3 is 5.97 Å². The highest BCUT2D eigenvalue weighted by Crippen LogP contribution is 2.26. The molecule has 2 N–H and O–H groups in total. The van der Waals surface area contributed by atoms with Gasteiger partial charge in [-0.3, -0.25) is 4.31 Å². The van der Waals surface area contributed by atoms with Crippen molar-refractivity contribution >= 4 is 21.7 Å². The maximum absolute atomic E-state index is 11.9. The fraction of sp³-hybridized carbons (Fsp3) is 0.235. The molecular weight excluding hydrogens is 346 g/mol. The molecule has 0 spiro atoms. The lowest BCUT2D eigenvalue weighted by Gasteiger charge is -2.23. The van der Waals surface area contributed by atoms with Gasteiger partial charge in [-0.25, -0.2) is 13.2 Å². The second-order valence-electron chi connectivity index (χ2n) is 5.56. The van der Waals surface area contributed by atoms with E-state index in [1.165, 1.54) is 12.1 Å². The summed E-state index contributed by atoms with van der Waals surface area (Å²) in [6, 6.07) is 13.6. The van der Waals surface area contributed by atoms with E-state index in [0.29, 0.717) is 11.5 Å². The van der Waals surface area contributed by atoms with Gasteiger partial charge in [-0.1, -0.05) is 17.7 Å². The van der Waals surface area contributed by atoms with E-state index in [4.69, 9.17) is 9.84 Å². The summed E-state index contributed by atoms with van der Waals surface area (Å²) >= 11 is 0. The molecule has 2 aromatic carbocycles. The Morgan fingerprint density at radius 2 is 1.56 bits per heavy atom. The van der Waals surface area contributed by atoms with Crippen molar-refractivity contribution in [3.05, 3.63) is 54.1 Å². The zero-order chi connectivity index (χ0) is 18.6. The van der Waals surface area contributed by atoms with Gasteiger partial charge in [0.25, 0.3) is 0 Å². The number of aliphatic hydroxyl groups excluding tert-OH is 1. The van der Waals surface area contributed by atoms with E-state index < -0.39 is 28.6 Å². The summed E-state index contributed by atoms with van der Waals surface area (Å²) in [5.74, 6) is -0.354. The van der Waals surface area contributed by atoms with Gasteiger partial charge in [0, 0.05) is 0 Å². The Kier molecular flexibility index (Phi) is 5.66. The van der Waals surface area contributed by atoms with E-state index in [1.54, 1.807) is 12.1 Å². The van der Waals surface area contributed by atoms with Gasteiger partial charge < -0.3 is 14.9 Å². The fourth-order valence-corrected chi connectivity index (χ4v) is 3.01. The molecule has 0 aliphatic carbocycles. The number of rotatable bonds is 7. The molecule has 2 aromatic rings. The van der Waals surface area contributed by atoms with Gasteiger partial charge in [0.15, 0.2) is 6.10 Å². The topological polar surface area (TPSA) is 104 Å². The van der Waals surface area contributed by atoms with Crippen molar-refractivity contribution in [2.75, 3.05) is 17.1 Å². The molecule has 0 amide bonds. The third-order valence-corrected chi connectivity index (χ3v) is 4.57. The number of carboxylic acid groups (broad SMARTS) is 1. The molecule has 0 radical (unpaired) electrons. The second-order valence-corrected chi connectivity index (χ2v) is 7.46. The van der Waals surface area contributed by atoms with Crippen LogP contribution < -0.4 is 9.04 Å². The lowest BCUT2D eigenvalue weighted by molar-refractivity contribution is -0.145. The number of carboxylic acids is 1. The third kappa shape index (κ3) is 5.20. The summed E-state index contributed by atoms with van der Waals surface area (Å²) in [7, 11) is -3.75.